The summed E-state index contributed by atoms with van der Waals surface area (Å²) in [6, 6.07) is 0. The maximum atomic E-state index is 12.9. The molecule has 1 rings (SSSR count). The third-order valence-electron chi connectivity index (χ3n) is 2.13. The van der Waals surface area contributed by atoms with E-state index >= 15 is 0 Å². The molecule has 10 heteroatoms. The Hall–Kier alpha value is -1.45. The second kappa shape index (κ2) is 6.33. The number of pyridine rings is 1. The number of hydrogen-bond acceptors (Lipinski definition) is 3. The summed E-state index contributed by atoms with van der Waals surface area (Å²) in [5, 5.41) is 8.39. The second-order valence-electron chi connectivity index (χ2n) is 3.53. The summed E-state index contributed by atoms with van der Waals surface area (Å²) >= 11 is 2.84. The van der Waals surface area contributed by atoms with Crippen LogP contribution in [0.15, 0.2) is 6.20 Å². The van der Waals surface area contributed by atoms with Gasteiger partial charge in [0.25, 0.3) is 6.43 Å². The summed E-state index contributed by atoms with van der Waals surface area (Å²) in [7, 11) is 0. The fourth-order valence-corrected chi connectivity index (χ4v) is 1.88. The molecule has 0 saturated carbocycles. The van der Waals surface area contributed by atoms with Gasteiger partial charge in [-0.3, -0.25) is 9.78 Å². The van der Waals surface area contributed by atoms with Crippen LogP contribution in [0.1, 0.15) is 23.2 Å². The highest BCUT2D eigenvalue weighted by atomic mass is 79.9. The van der Waals surface area contributed by atoms with Gasteiger partial charge in [-0.05, 0) is 5.56 Å². The van der Waals surface area contributed by atoms with E-state index in [0.29, 0.717) is 0 Å². The lowest BCUT2D eigenvalue weighted by Gasteiger charge is -2.17. The van der Waals surface area contributed by atoms with Crippen LogP contribution < -0.4 is 4.74 Å². The number of alkyl halides is 6. The largest absolute Gasteiger partial charge is 0.573 e. The molecule has 0 radical (unpaired) electrons. The zero-order valence-corrected chi connectivity index (χ0v) is 11.1. The first-order valence-electron chi connectivity index (χ1n) is 4.98. The van der Waals surface area contributed by atoms with Gasteiger partial charge in [-0.15, -0.1) is 13.2 Å². The highest BCUT2D eigenvalue weighted by Gasteiger charge is 2.36. The molecular formula is C10H7BrF5NO3. The van der Waals surface area contributed by atoms with Crippen LogP contribution in [-0.4, -0.2) is 22.4 Å². The third-order valence-corrected chi connectivity index (χ3v) is 2.73. The Morgan fingerprint density at radius 2 is 2.05 bits per heavy atom. The number of rotatable bonds is 5. The molecule has 1 aromatic heterocycles. The number of carbonyl (C=O) groups is 1. The fourth-order valence-electron chi connectivity index (χ4n) is 1.43. The van der Waals surface area contributed by atoms with Gasteiger partial charge in [-0.1, -0.05) is 15.9 Å². The molecule has 0 unspecified atom stereocenters. The third kappa shape index (κ3) is 4.29. The van der Waals surface area contributed by atoms with E-state index in [-0.39, 0.29) is 10.9 Å². The van der Waals surface area contributed by atoms with Crippen LogP contribution in [0.25, 0.3) is 0 Å². The minimum absolute atomic E-state index is 0.179. The summed E-state index contributed by atoms with van der Waals surface area (Å²) in [6.45, 7) is 0. The zero-order valence-electron chi connectivity index (χ0n) is 9.55. The molecule has 0 amide bonds. The number of ether oxygens (including phenoxy) is 1. The Bertz CT molecular complexity index is 506. The average Bonchev–Trinajstić information content (AvgIpc) is 2.27. The van der Waals surface area contributed by atoms with E-state index in [9.17, 15) is 26.7 Å². The predicted molar refractivity (Wildman–Crippen MR) is 59.8 cm³/mol. The van der Waals surface area contributed by atoms with Gasteiger partial charge in [0.15, 0.2) is 5.75 Å². The van der Waals surface area contributed by atoms with E-state index in [1.807, 2.05) is 0 Å². The van der Waals surface area contributed by atoms with E-state index < -0.39 is 42.2 Å². The summed E-state index contributed by atoms with van der Waals surface area (Å²) in [4.78, 5) is 14.0. The van der Waals surface area contributed by atoms with E-state index in [1.54, 1.807) is 0 Å². The second-order valence-corrected chi connectivity index (χ2v) is 4.09. The van der Waals surface area contributed by atoms with Crippen molar-refractivity contribution in [2.75, 3.05) is 0 Å². The van der Waals surface area contributed by atoms with Gasteiger partial charge in [-0.2, -0.15) is 0 Å². The van der Waals surface area contributed by atoms with Crippen molar-refractivity contribution in [1.29, 1.82) is 0 Å². The van der Waals surface area contributed by atoms with Crippen LogP contribution in [-0.2, 0) is 16.5 Å². The monoisotopic (exact) mass is 363 g/mol. The molecule has 0 fully saturated rings. The van der Waals surface area contributed by atoms with Crippen molar-refractivity contribution in [2.24, 2.45) is 0 Å². The summed E-state index contributed by atoms with van der Waals surface area (Å²) in [5.41, 5.74) is -1.95. The number of carboxylic acid groups (broad SMARTS) is 1. The lowest BCUT2D eigenvalue weighted by molar-refractivity contribution is -0.275. The number of carboxylic acids is 1. The van der Waals surface area contributed by atoms with Crippen molar-refractivity contribution in [1.82, 2.24) is 4.98 Å². The highest BCUT2D eigenvalue weighted by Crippen LogP contribution is 2.38. The Morgan fingerprint density at radius 1 is 1.45 bits per heavy atom. The molecule has 112 valence electrons. The van der Waals surface area contributed by atoms with Gasteiger partial charge in [-0.25, -0.2) is 8.78 Å². The molecule has 0 aromatic carbocycles. The van der Waals surface area contributed by atoms with Crippen LogP contribution in [0.4, 0.5) is 22.0 Å². The lowest BCUT2D eigenvalue weighted by Crippen LogP contribution is -2.21. The minimum atomic E-state index is -5.23. The van der Waals surface area contributed by atoms with Gasteiger partial charge >= 0.3 is 12.3 Å². The quantitative estimate of drug-likeness (QED) is 0.643. The molecule has 1 N–H and O–H groups in total. The molecule has 0 aliphatic heterocycles. The van der Waals surface area contributed by atoms with Crippen molar-refractivity contribution in [2.45, 2.75) is 24.5 Å². The van der Waals surface area contributed by atoms with Gasteiger partial charge in [0.2, 0.25) is 0 Å². The first-order chi connectivity index (χ1) is 9.15. The zero-order chi connectivity index (χ0) is 15.5. The van der Waals surface area contributed by atoms with Gasteiger partial charge in [0.1, 0.15) is 0 Å². The van der Waals surface area contributed by atoms with Crippen LogP contribution in [0.3, 0.4) is 0 Å². The number of hydrogen-bond donors (Lipinski definition) is 1. The molecule has 0 atom stereocenters. The maximum absolute atomic E-state index is 12.9. The first kappa shape index (κ1) is 16.6. The SMILES string of the molecule is O=C(O)Cc1ncc(CBr)c(C(F)F)c1OC(F)(F)F. The number of aromatic nitrogens is 1. The average molecular weight is 364 g/mol. The van der Waals surface area contributed by atoms with Crippen molar-refractivity contribution in [3.05, 3.63) is 23.0 Å². The summed E-state index contributed by atoms with van der Waals surface area (Å²) in [5.74, 6) is -2.77. The molecule has 0 bridgehead atoms. The van der Waals surface area contributed by atoms with Crippen molar-refractivity contribution in [3.63, 3.8) is 0 Å². The highest BCUT2D eigenvalue weighted by molar-refractivity contribution is 9.08. The predicted octanol–water partition coefficient (Wildman–Crippen LogP) is 3.44. The van der Waals surface area contributed by atoms with Crippen LogP contribution in [0.5, 0.6) is 5.75 Å². The molecule has 0 spiro atoms. The van der Waals surface area contributed by atoms with Gasteiger partial charge in [0.05, 0.1) is 17.7 Å². The smallest absolute Gasteiger partial charge is 0.481 e. The lowest BCUT2D eigenvalue weighted by atomic mass is 10.1. The molecule has 20 heavy (non-hydrogen) atoms. The summed E-state index contributed by atoms with van der Waals surface area (Å²) < 4.78 is 66.2. The van der Waals surface area contributed by atoms with Crippen LogP contribution in [0, 0.1) is 0 Å². The molecule has 0 aliphatic carbocycles. The maximum Gasteiger partial charge on any atom is 0.573 e. The number of halogens is 6. The Morgan fingerprint density at radius 3 is 2.45 bits per heavy atom. The summed E-state index contributed by atoms with van der Waals surface area (Å²) in [6.07, 6.45) is -8.58. The molecule has 1 aromatic rings. The first-order valence-corrected chi connectivity index (χ1v) is 6.10. The molecule has 0 saturated heterocycles. The van der Waals surface area contributed by atoms with E-state index in [0.717, 1.165) is 6.20 Å². The topological polar surface area (TPSA) is 59.4 Å². The van der Waals surface area contributed by atoms with Crippen molar-refractivity contribution < 1.29 is 36.6 Å². The van der Waals surface area contributed by atoms with Crippen molar-refractivity contribution in [3.8, 4) is 5.75 Å². The van der Waals surface area contributed by atoms with Crippen LogP contribution in [0.2, 0.25) is 0 Å². The van der Waals surface area contributed by atoms with Gasteiger partial charge in [0, 0.05) is 11.5 Å². The molecule has 0 aliphatic rings. The Balaban J connectivity index is 3.45. The molecule has 1 heterocycles. The number of nitrogens with zero attached hydrogens (tertiary/aromatic N) is 1. The fraction of sp³-hybridized carbons (Fsp3) is 0.400. The normalized spacial score (nSPS) is 11.8. The van der Waals surface area contributed by atoms with E-state index in [4.69, 9.17) is 5.11 Å². The van der Waals surface area contributed by atoms with E-state index in [1.165, 1.54) is 0 Å². The standard InChI is InChI=1S/C10H7BrF5NO3/c11-2-4-3-17-5(1-6(18)19)8(7(4)9(12)13)20-10(14,15)16/h3,9H,1-2H2,(H,18,19). The molecule has 4 nitrogen and oxygen atoms in total. The van der Waals surface area contributed by atoms with Gasteiger partial charge < -0.3 is 9.84 Å². The van der Waals surface area contributed by atoms with Crippen molar-refractivity contribution >= 4 is 21.9 Å². The van der Waals surface area contributed by atoms with Crippen LogP contribution >= 0.6 is 15.9 Å². The molecular weight excluding hydrogens is 357 g/mol. The minimum Gasteiger partial charge on any atom is -0.481 e. The number of aliphatic carboxylic acids is 1. The Kier molecular flexibility index (Phi) is 5.26. The Labute approximate surface area is 117 Å². The van der Waals surface area contributed by atoms with E-state index in [2.05, 4.69) is 25.7 Å².